The first-order valence-corrected chi connectivity index (χ1v) is 11.6. The van der Waals surface area contributed by atoms with Crippen molar-refractivity contribution in [1.29, 1.82) is 0 Å². The van der Waals surface area contributed by atoms with Crippen LogP contribution < -0.4 is 10.6 Å². The predicted molar refractivity (Wildman–Crippen MR) is 102 cm³/mol. The average molecular weight is 413 g/mol. The van der Waals surface area contributed by atoms with Gasteiger partial charge in [0.15, 0.2) is 0 Å². The van der Waals surface area contributed by atoms with Crippen LogP contribution >= 0.6 is 11.8 Å². The van der Waals surface area contributed by atoms with E-state index in [1.165, 1.54) is 28.3 Å². The summed E-state index contributed by atoms with van der Waals surface area (Å²) in [6.07, 6.45) is 5.56. The molecule has 2 saturated heterocycles. The summed E-state index contributed by atoms with van der Waals surface area (Å²) in [5, 5.41) is 6.10. The number of aromatic nitrogens is 1. The zero-order chi connectivity index (χ0) is 19.3. The van der Waals surface area contributed by atoms with Gasteiger partial charge in [-0.25, -0.2) is 13.4 Å². The van der Waals surface area contributed by atoms with E-state index in [2.05, 4.69) is 15.6 Å². The first-order valence-electron chi connectivity index (χ1n) is 9.13. The lowest BCUT2D eigenvalue weighted by Gasteiger charge is -2.15. The van der Waals surface area contributed by atoms with Gasteiger partial charge in [0.2, 0.25) is 21.8 Å². The van der Waals surface area contributed by atoms with Gasteiger partial charge in [-0.2, -0.15) is 4.31 Å². The molecule has 0 aliphatic carbocycles. The maximum Gasteiger partial charge on any atom is 0.244 e. The van der Waals surface area contributed by atoms with Crippen LogP contribution in [0.3, 0.4) is 0 Å². The summed E-state index contributed by atoms with van der Waals surface area (Å²) in [7, 11) is -3.48. The smallest absolute Gasteiger partial charge is 0.244 e. The van der Waals surface area contributed by atoms with E-state index >= 15 is 0 Å². The zero-order valence-corrected chi connectivity index (χ0v) is 16.7. The Bertz CT molecular complexity index is 777. The van der Waals surface area contributed by atoms with Crippen LogP contribution in [0.1, 0.15) is 32.1 Å². The van der Waals surface area contributed by atoms with Crippen LogP contribution in [-0.4, -0.2) is 61.0 Å². The zero-order valence-electron chi connectivity index (χ0n) is 15.0. The van der Waals surface area contributed by atoms with Crippen LogP contribution in [0.15, 0.2) is 28.3 Å². The van der Waals surface area contributed by atoms with Crippen LogP contribution in [-0.2, 0) is 19.6 Å². The molecular formula is C17H24N4O4S2. The van der Waals surface area contributed by atoms with Crippen LogP contribution in [0, 0.1) is 0 Å². The molecule has 3 heterocycles. The van der Waals surface area contributed by atoms with E-state index in [1.807, 2.05) is 0 Å². The third-order valence-corrected chi connectivity index (χ3v) is 7.46. The van der Waals surface area contributed by atoms with Crippen molar-refractivity contribution in [2.45, 2.75) is 48.1 Å². The molecule has 2 aliphatic rings. The molecule has 1 aromatic rings. The number of rotatable bonds is 6. The molecule has 3 rings (SSSR count). The first kappa shape index (κ1) is 20.1. The number of hydrogen-bond donors (Lipinski definition) is 2. The Morgan fingerprint density at radius 1 is 1.26 bits per heavy atom. The molecule has 2 N–H and O–H groups in total. The molecule has 10 heteroatoms. The molecule has 0 bridgehead atoms. The van der Waals surface area contributed by atoms with Crippen molar-refractivity contribution in [3.05, 3.63) is 18.3 Å². The highest BCUT2D eigenvalue weighted by atomic mass is 32.2. The third kappa shape index (κ3) is 5.20. The Balaban J connectivity index is 1.52. The van der Waals surface area contributed by atoms with Crippen molar-refractivity contribution < 1.29 is 18.0 Å². The lowest BCUT2D eigenvalue weighted by atomic mass is 10.1. The van der Waals surface area contributed by atoms with Gasteiger partial charge in [-0.05, 0) is 44.2 Å². The molecule has 148 valence electrons. The number of hydrogen-bond acceptors (Lipinski definition) is 6. The summed E-state index contributed by atoms with van der Waals surface area (Å²) >= 11 is 1.21. The molecule has 0 unspecified atom stereocenters. The van der Waals surface area contributed by atoms with Crippen LogP contribution in [0.4, 0.5) is 0 Å². The quantitative estimate of drug-likeness (QED) is 0.667. The highest BCUT2D eigenvalue weighted by Crippen LogP contribution is 2.22. The van der Waals surface area contributed by atoms with Crippen LogP contribution in [0.25, 0.3) is 0 Å². The maximum absolute atomic E-state index is 12.5. The molecule has 1 atom stereocenters. The summed E-state index contributed by atoms with van der Waals surface area (Å²) in [6.45, 7) is 1.75. The van der Waals surface area contributed by atoms with Gasteiger partial charge in [0.05, 0.1) is 10.8 Å². The topological polar surface area (TPSA) is 108 Å². The number of nitrogens with zero attached hydrogens (tertiary/aromatic N) is 2. The number of nitrogens with one attached hydrogen (secondary N) is 2. The van der Waals surface area contributed by atoms with Gasteiger partial charge < -0.3 is 10.6 Å². The van der Waals surface area contributed by atoms with Gasteiger partial charge >= 0.3 is 0 Å². The number of amides is 2. The molecule has 0 radical (unpaired) electrons. The van der Waals surface area contributed by atoms with Crippen molar-refractivity contribution in [2.24, 2.45) is 0 Å². The molecule has 27 heavy (non-hydrogen) atoms. The van der Waals surface area contributed by atoms with Crippen LogP contribution in [0.2, 0.25) is 0 Å². The predicted octanol–water partition coefficient (Wildman–Crippen LogP) is 0.743. The van der Waals surface area contributed by atoms with E-state index in [1.54, 1.807) is 6.07 Å². The molecule has 1 aromatic heterocycles. The monoisotopic (exact) mass is 412 g/mol. The fourth-order valence-corrected chi connectivity index (χ4v) is 5.25. The van der Waals surface area contributed by atoms with Crippen molar-refractivity contribution in [3.63, 3.8) is 0 Å². The molecule has 0 aromatic carbocycles. The lowest BCUT2D eigenvalue weighted by Crippen LogP contribution is -2.46. The van der Waals surface area contributed by atoms with E-state index in [-0.39, 0.29) is 22.5 Å². The molecule has 8 nitrogen and oxygen atoms in total. The second-order valence-electron chi connectivity index (χ2n) is 6.64. The molecular weight excluding hydrogens is 388 g/mol. The number of carbonyl (C=O) groups excluding carboxylic acids is 2. The fraction of sp³-hybridized carbons (Fsp3) is 0.588. The van der Waals surface area contributed by atoms with Crippen molar-refractivity contribution >= 4 is 33.6 Å². The average Bonchev–Trinajstić information content (AvgIpc) is 3.14. The fourth-order valence-electron chi connectivity index (χ4n) is 3.13. The van der Waals surface area contributed by atoms with Gasteiger partial charge in [-0.15, -0.1) is 0 Å². The van der Waals surface area contributed by atoms with Gasteiger partial charge in [0.25, 0.3) is 0 Å². The largest absolute Gasteiger partial charge is 0.354 e. The first-order chi connectivity index (χ1) is 13.0. The van der Waals surface area contributed by atoms with E-state index in [9.17, 15) is 18.0 Å². The summed E-state index contributed by atoms with van der Waals surface area (Å²) < 4.78 is 26.4. The van der Waals surface area contributed by atoms with Gasteiger partial charge in [-0.3, -0.25) is 9.59 Å². The number of carbonyl (C=O) groups is 2. The van der Waals surface area contributed by atoms with Crippen molar-refractivity contribution in [2.75, 3.05) is 25.4 Å². The molecule has 2 fully saturated rings. The number of pyridine rings is 1. The Morgan fingerprint density at radius 2 is 2.04 bits per heavy atom. The van der Waals surface area contributed by atoms with E-state index in [0.717, 1.165) is 25.7 Å². The molecule has 0 spiro atoms. The second kappa shape index (κ2) is 9.03. The minimum atomic E-state index is -3.48. The number of thioether (sulfide) groups is 1. The summed E-state index contributed by atoms with van der Waals surface area (Å²) in [5.41, 5.74) is 0. The summed E-state index contributed by atoms with van der Waals surface area (Å²) in [5.74, 6) is -0.257. The molecule has 2 aliphatic heterocycles. The van der Waals surface area contributed by atoms with Gasteiger partial charge in [0.1, 0.15) is 10.9 Å². The molecule has 2 amide bonds. The van der Waals surface area contributed by atoms with E-state index in [4.69, 9.17) is 0 Å². The van der Waals surface area contributed by atoms with Crippen molar-refractivity contribution in [1.82, 2.24) is 19.9 Å². The highest BCUT2D eigenvalue weighted by molar-refractivity contribution is 7.99. The van der Waals surface area contributed by atoms with Crippen molar-refractivity contribution in [3.8, 4) is 0 Å². The van der Waals surface area contributed by atoms with E-state index < -0.39 is 16.1 Å². The van der Waals surface area contributed by atoms with Crippen LogP contribution in [0.5, 0.6) is 0 Å². The van der Waals surface area contributed by atoms with Gasteiger partial charge in [-0.1, -0.05) is 11.8 Å². The Kier molecular flexibility index (Phi) is 6.72. The normalized spacial score (nSPS) is 21.5. The minimum absolute atomic E-state index is 0.120. The molecule has 0 saturated carbocycles. The number of sulfonamides is 1. The minimum Gasteiger partial charge on any atom is -0.354 e. The standard InChI is InChI=1S/C17H24N4O4S2/c22-15(20-14-5-1-2-8-18-17(14)23)12-26-16-7-6-13(11-19-16)27(24,25)21-9-3-4-10-21/h6-7,11,14H,1-5,8-10,12H2,(H,18,23)(H,20,22)/t14-/m1/s1. The summed E-state index contributed by atoms with van der Waals surface area (Å²) in [4.78, 5) is 28.3. The van der Waals surface area contributed by atoms with Gasteiger partial charge in [0, 0.05) is 25.8 Å². The van der Waals surface area contributed by atoms with E-state index in [0.29, 0.717) is 31.1 Å². The SMILES string of the molecule is O=C(CSc1ccc(S(=O)(=O)N2CCCC2)cn1)N[C@@H]1CCCCNC1=O. The Hall–Kier alpha value is -1.65. The lowest BCUT2D eigenvalue weighted by molar-refractivity contribution is -0.127. The maximum atomic E-state index is 12.5. The summed E-state index contributed by atoms with van der Waals surface area (Å²) in [6, 6.07) is 2.65. The Labute approximate surface area is 163 Å². The third-order valence-electron chi connectivity index (χ3n) is 4.63. The Morgan fingerprint density at radius 3 is 2.74 bits per heavy atom. The highest BCUT2D eigenvalue weighted by Gasteiger charge is 2.27. The second-order valence-corrected chi connectivity index (χ2v) is 9.57.